The molecule has 266 valence electrons. The van der Waals surface area contributed by atoms with Crippen molar-refractivity contribution in [2.45, 2.75) is 81.7 Å². The van der Waals surface area contributed by atoms with Crippen LogP contribution in [0.2, 0.25) is 0 Å². The lowest BCUT2D eigenvalue weighted by molar-refractivity contribution is -0.328. The Morgan fingerprint density at radius 3 is 1.32 bits per heavy atom. The quantitative estimate of drug-likeness (QED) is 0.161. The van der Waals surface area contributed by atoms with Gasteiger partial charge in [0.25, 0.3) is 0 Å². The van der Waals surface area contributed by atoms with Gasteiger partial charge in [-0.1, -0.05) is 121 Å². The molecule has 2 aliphatic rings. The summed E-state index contributed by atoms with van der Waals surface area (Å²) in [5.74, 6) is 0. The molecule has 0 aromatic heterocycles. The van der Waals surface area contributed by atoms with Crippen LogP contribution < -0.4 is 0 Å². The van der Waals surface area contributed by atoms with Crippen molar-refractivity contribution in [3.8, 4) is 0 Å². The molecule has 4 aromatic rings. The number of ether oxygens (including phenoxy) is 8. The van der Waals surface area contributed by atoms with Crippen LogP contribution in [-0.2, 0) is 64.3 Å². The second-order valence-electron chi connectivity index (χ2n) is 12.4. The van der Waals surface area contributed by atoms with Crippen LogP contribution in [0.4, 0.5) is 0 Å². The third-order valence-corrected chi connectivity index (χ3v) is 8.86. The van der Waals surface area contributed by atoms with Crippen LogP contribution in [0, 0.1) is 0 Å². The summed E-state index contributed by atoms with van der Waals surface area (Å²) in [4.78, 5) is 0. The predicted molar refractivity (Wildman–Crippen MR) is 183 cm³/mol. The molecule has 0 bridgehead atoms. The average molecular weight is 687 g/mol. The molecule has 0 unspecified atom stereocenters. The van der Waals surface area contributed by atoms with Gasteiger partial charge in [0.1, 0.15) is 42.7 Å². The van der Waals surface area contributed by atoms with E-state index >= 15 is 0 Å². The van der Waals surface area contributed by atoms with Gasteiger partial charge >= 0.3 is 0 Å². The van der Waals surface area contributed by atoms with Crippen molar-refractivity contribution in [2.75, 3.05) is 20.3 Å². The van der Waals surface area contributed by atoms with Gasteiger partial charge in [-0.05, 0) is 22.3 Å². The third-order valence-electron chi connectivity index (χ3n) is 8.86. The van der Waals surface area contributed by atoms with Gasteiger partial charge in [0.2, 0.25) is 0 Å². The molecule has 50 heavy (non-hydrogen) atoms. The zero-order valence-electron chi connectivity index (χ0n) is 28.1. The van der Waals surface area contributed by atoms with Gasteiger partial charge in [0.15, 0.2) is 12.6 Å². The van der Waals surface area contributed by atoms with E-state index in [2.05, 4.69) is 0 Å². The molecule has 2 N–H and O–H groups in total. The monoisotopic (exact) mass is 686 g/mol. The van der Waals surface area contributed by atoms with Crippen molar-refractivity contribution in [1.82, 2.24) is 0 Å². The van der Waals surface area contributed by atoms with Crippen molar-refractivity contribution in [3.05, 3.63) is 144 Å². The van der Waals surface area contributed by atoms with E-state index in [-0.39, 0.29) is 19.8 Å². The fraction of sp³-hybridized carbons (Fsp3) is 0.400. The SMILES string of the molecule is CO[C@H]1O[C@H](CO[C@@H]2O[C@H](CO)[C@@H](O)[C@@H]2OCc2ccccc2)[C@@H](OCc2ccccc2)[C@H](OCc2ccccc2)[C@H]1OCc1ccccc1. The maximum atomic E-state index is 11.0. The summed E-state index contributed by atoms with van der Waals surface area (Å²) in [6.45, 7) is 0.718. The maximum Gasteiger partial charge on any atom is 0.187 e. The minimum absolute atomic E-state index is 0.0172. The highest BCUT2D eigenvalue weighted by Crippen LogP contribution is 2.33. The minimum Gasteiger partial charge on any atom is -0.394 e. The highest BCUT2D eigenvalue weighted by atomic mass is 16.7. The molecule has 0 spiro atoms. The standard InChI is InChI=1S/C40H46O10/c1-43-39-38(47-26-31-20-12-5-13-21-31)37(46-25-30-18-10-4-11-19-30)35(44-23-28-14-6-2-7-15-28)33(50-39)27-48-40-36(34(42)32(22-41)49-40)45-24-29-16-8-3-9-17-29/h2-21,32-42H,22-27H2,1H3/t32-,33-,34-,35-,36+,37+,38-,39+,40-/m1/s1. The first kappa shape index (κ1) is 36.3. The molecule has 0 aliphatic carbocycles. The van der Waals surface area contributed by atoms with E-state index in [0.29, 0.717) is 13.2 Å². The molecule has 0 saturated carbocycles. The molecule has 9 atom stereocenters. The smallest absolute Gasteiger partial charge is 0.187 e. The summed E-state index contributed by atoms with van der Waals surface area (Å²) in [5.41, 5.74) is 3.89. The maximum absolute atomic E-state index is 11.0. The van der Waals surface area contributed by atoms with Gasteiger partial charge in [-0.2, -0.15) is 0 Å². The van der Waals surface area contributed by atoms with Crippen molar-refractivity contribution < 1.29 is 48.1 Å². The summed E-state index contributed by atoms with van der Waals surface area (Å²) in [6.07, 6.45) is -7.31. The Morgan fingerprint density at radius 1 is 0.480 bits per heavy atom. The van der Waals surface area contributed by atoms with E-state index in [1.807, 2.05) is 121 Å². The van der Waals surface area contributed by atoms with Crippen molar-refractivity contribution in [2.24, 2.45) is 0 Å². The molecular formula is C40H46O10. The molecule has 4 aromatic carbocycles. The topological polar surface area (TPSA) is 114 Å². The fourth-order valence-electron chi connectivity index (χ4n) is 6.19. The van der Waals surface area contributed by atoms with E-state index in [1.54, 1.807) is 7.11 Å². The lowest BCUT2D eigenvalue weighted by Gasteiger charge is -2.45. The summed E-state index contributed by atoms with van der Waals surface area (Å²) >= 11 is 0. The first-order valence-electron chi connectivity index (χ1n) is 17.0. The summed E-state index contributed by atoms with van der Waals surface area (Å²) in [5, 5.41) is 20.9. The zero-order chi connectivity index (χ0) is 34.5. The summed E-state index contributed by atoms with van der Waals surface area (Å²) < 4.78 is 50.6. The number of hydrogen-bond acceptors (Lipinski definition) is 10. The number of aliphatic hydroxyl groups excluding tert-OH is 2. The van der Waals surface area contributed by atoms with E-state index in [1.165, 1.54) is 0 Å². The normalized spacial score (nSPS) is 28.1. The molecule has 2 fully saturated rings. The second kappa shape index (κ2) is 18.6. The van der Waals surface area contributed by atoms with Crippen LogP contribution in [0.5, 0.6) is 0 Å². The Balaban J connectivity index is 1.24. The van der Waals surface area contributed by atoms with Crippen LogP contribution in [0.3, 0.4) is 0 Å². The minimum atomic E-state index is -1.10. The second-order valence-corrected chi connectivity index (χ2v) is 12.4. The summed E-state index contributed by atoms with van der Waals surface area (Å²) in [6, 6.07) is 39.3. The summed E-state index contributed by atoms with van der Waals surface area (Å²) in [7, 11) is 1.57. The van der Waals surface area contributed by atoms with Gasteiger partial charge in [-0.15, -0.1) is 0 Å². The highest BCUT2D eigenvalue weighted by Gasteiger charge is 2.50. The van der Waals surface area contributed by atoms with E-state index in [9.17, 15) is 10.2 Å². The third kappa shape index (κ3) is 9.62. The Labute approximate surface area is 293 Å². The lowest BCUT2D eigenvalue weighted by Crippen LogP contribution is -2.61. The van der Waals surface area contributed by atoms with Crippen LogP contribution in [-0.4, -0.2) is 85.8 Å². The Morgan fingerprint density at radius 2 is 0.880 bits per heavy atom. The van der Waals surface area contributed by atoms with Crippen molar-refractivity contribution in [1.29, 1.82) is 0 Å². The Bertz CT molecular complexity index is 1510. The van der Waals surface area contributed by atoms with Crippen LogP contribution >= 0.6 is 0 Å². The predicted octanol–water partition coefficient (Wildman–Crippen LogP) is 4.79. The van der Waals surface area contributed by atoms with Crippen molar-refractivity contribution >= 4 is 0 Å². The zero-order valence-corrected chi connectivity index (χ0v) is 28.1. The average Bonchev–Trinajstić information content (AvgIpc) is 3.48. The van der Waals surface area contributed by atoms with Gasteiger partial charge < -0.3 is 48.1 Å². The number of hydrogen-bond donors (Lipinski definition) is 2. The van der Waals surface area contributed by atoms with Crippen LogP contribution in [0.25, 0.3) is 0 Å². The number of aliphatic hydroxyl groups is 2. The van der Waals surface area contributed by atoms with Crippen LogP contribution in [0.1, 0.15) is 22.3 Å². The van der Waals surface area contributed by atoms with Crippen molar-refractivity contribution in [3.63, 3.8) is 0 Å². The largest absolute Gasteiger partial charge is 0.394 e. The van der Waals surface area contributed by atoms with Crippen LogP contribution in [0.15, 0.2) is 121 Å². The van der Waals surface area contributed by atoms with Gasteiger partial charge in [-0.3, -0.25) is 0 Å². The molecule has 2 saturated heterocycles. The Hall–Kier alpha value is -3.52. The molecule has 10 heteroatoms. The molecule has 2 heterocycles. The molecule has 0 radical (unpaired) electrons. The first-order valence-corrected chi connectivity index (χ1v) is 17.0. The van der Waals surface area contributed by atoms with Gasteiger partial charge in [0, 0.05) is 7.11 Å². The molecule has 2 aliphatic heterocycles. The molecule has 6 rings (SSSR count). The number of benzene rings is 4. The van der Waals surface area contributed by atoms with Gasteiger partial charge in [-0.25, -0.2) is 0 Å². The van der Waals surface area contributed by atoms with Gasteiger partial charge in [0.05, 0.1) is 39.6 Å². The first-order chi connectivity index (χ1) is 24.6. The number of rotatable bonds is 17. The lowest BCUT2D eigenvalue weighted by atomic mass is 9.97. The molecule has 10 nitrogen and oxygen atoms in total. The number of methoxy groups -OCH3 is 1. The molecular weight excluding hydrogens is 640 g/mol. The van der Waals surface area contributed by atoms with E-state index in [4.69, 9.17) is 37.9 Å². The van der Waals surface area contributed by atoms with E-state index < -0.39 is 61.9 Å². The van der Waals surface area contributed by atoms with E-state index in [0.717, 1.165) is 22.3 Å². The fourth-order valence-corrected chi connectivity index (χ4v) is 6.19. The highest BCUT2D eigenvalue weighted by molar-refractivity contribution is 5.16. The molecule has 0 amide bonds. The Kier molecular flexibility index (Phi) is 13.5.